The van der Waals surface area contributed by atoms with Gasteiger partial charge in [-0.05, 0) is 56.2 Å². The Morgan fingerprint density at radius 2 is 2.02 bits per heavy atom. The summed E-state index contributed by atoms with van der Waals surface area (Å²) in [5, 5.41) is 10.4. The Kier molecular flexibility index (Phi) is 9.57. The van der Waals surface area contributed by atoms with Gasteiger partial charge >= 0.3 is 5.97 Å². The molecule has 3 unspecified atom stereocenters. The van der Waals surface area contributed by atoms with Crippen molar-refractivity contribution < 1.29 is 24.2 Å². The third-order valence-corrected chi connectivity index (χ3v) is 11.6. The van der Waals surface area contributed by atoms with Gasteiger partial charge in [-0.25, -0.2) is 0 Å². The van der Waals surface area contributed by atoms with E-state index in [0.29, 0.717) is 19.3 Å². The molecular weight excluding hydrogens is 592 g/mol. The summed E-state index contributed by atoms with van der Waals surface area (Å²) in [6.07, 6.45) is 5.02. The second-order valence-corrected chi connectivity index (χ2v) is 14.4. The average molecular weight is 634 g/mol. The van der Waals surface area contributed by atoms with Gasteiger partial charge in [0.25, 0.3) is 5.91 Å². The quantitative estimate of drug-likeness (QED) is 0.154. The number of likely N-dealkylation sites (tertiary alicyclic amines) is 1. The van der Waals surface area contributed by atoms with Crippen LogP contribution in [-0.2, 0) is 19.1 Å². The lowest BCUT2D eigenvalue weighted by Gasteiger charge is -2.40. The molecule has 0 saturated carbocycles. The van der Waals surface area contributed by atoms with Gasteiger partial charge in [-0.15, -0.1) is 24.9 Å². The number of carbonyl (C=O) groups excluding carboxylic acids is 3. The topological polar surface area (TPSA) is 87.1 Å². The summed E-state index contributed by atoms with van der Waals surface area (Å²) in [5.41, 5.74) is 2.73. The van der Waals surface area contributed by atoms with E-state index in [9.17, 15) is 19.5 Å². The predicted octanol–water partition coefficient (Wildman–Crippen LogP) is 4.81. The second-order valence-electron chi connectivity index (χ2n) is 11.6. The van der Waals surface area contributed by atoms with Gasteiger partial charge in [0, 0.05) is 22.3 Å². The number of benzene rings is 1. The van der Waals surface area contributed by atoms with Crippen LogP contribution >= 0.6 is 27.7 Å². The van der Waals surface area contributed by atoms with Gasteiger partial charge in [0.15, 0.2) is 0 Å². The highest BCUT2D eigenvalue weighted by atomic mass is 79.9. The molecule has 4 rings (SSSR count). The molecule has 3 saturated heterocycles. The number of carbonyl (C=O) groups is 3. The van der Waals surface area contributed by atoms with Gasteiger partial charge in [0.2, 0.25) is 5.91 Å². The highest BCUT2D eigenvalue weighted by molar-refractivity contribution is 9.09. The number of amides is 2. The fourth-order valence-electron chi connectivity index (χ4n) is 6.76. The van der Waals surface area contributed by atoms with Crippen LogP contribution in [0.4, 0.5) is 5.69 Å². The number of thioether (sulfide) groups is 1. The number of hydrogen-bond acceptors (Lipinski definition) is 6. The highest BCUT2D eigenvalue weighted by Crippen LogP contribution is 2.68. The number of hydrogen-bond donors (Lipinski definition) is 1. The van der Waals surface area contributed by atoms with E-state index < -0.39 is 34.6 Å². The Labute approximate surface area is 250 Å². The largest absolute Gasteiger partial charge is 0.465 e. The highest BCUT2D eigenvalue weighted by Gasteiger charge is 2.76. The molecule has 7 atom stereocenters. The van der Waals surface area contributed by atoms with E-state index in [4.69, 9.17) is 4.74 Å². The molecule has 1 aromatic rings. The monoisotopic (exact) mass is 632 g/mol. The molecule has 3 fully saturated rings. The van der Waals surface area contributed by atoms with E-state index in [1.54, 1.807) is 33.7 Å². The molecule has 7 nitrogen and oxygen atoms in total. The fraction of sp³-hybridized carbons (Fsp3) is 0.581. The molecule has 2 bridgehead atoms. The van der Waals surface area contributed by atoms with Crippen LogP contribution in [0.3, 0.4) is 0 Å². The lowest BCUT2D eigenvalue weighted by atomic mass is 9.71. The van der Waals surface area contributed by atoms with Crippen LogP contribution in [0, 0.1) is 31.6 Å². The van der Waals surface area contributed by atoms with Gasteiger partial charge in [-0.2, -0.15) is 0 Å². The molecule has 1 aromatic carbocycles. The summed E-state index contributed by atoms with van der Waals surface area (Å²) in [6.45, 7) is 15.8. The lowest BCUT2D eigenvalue weighted by Crippen LogP contribution is -2.58. The zero-order valence-electron chi connectivity index (χ0n) is 23.8. The summed E-state index contributed by atoms with van der Waals surface area (Å²) in [5.74, 6) is -2.04. The van der Waals surface area contributed by atoms with Crippen LogP contribution in [0.2, 0.25) is 0 Å². The van der Waals surface area contributed by atoms with Crippen LogP contribution in [-0.4, -0.2) is 74.5 Å². The van der Waals surface area contributed by atoms with Crippen molar-refractivity contribution in [3.63, 3.8) is 0 Å². The predicted molar refractivity (Wildman–Crippen MR) is 164 cm³/mol. The number of rotatable bonds is 12. The number of aliphatic hydroxyl groups is 1. The summed E-state index contributed by atoms with van der Waals surface area (Å²) in [4.78, 5) is 46.0. The molecule has 0 aromatic heterocycles. The molecule has 40 heavy (non-hydrogen) atoms. The molecule has 2 amide bonds. The molecule has 3 aliphatic rings. The number of esters is 1. The van der Waals surface area contributed by atoms with Crippen LogP contribution in [0.15, 0.2) is 43.5 Å². The average Bonchev–Trinajstić information content (AvgIpc) is 3.50. The molecule has 0 aliphatic carbocycles. The third kappa shape index (κ3) is 5.29. The van der Waals surface area contributed by atoms with E-state index >= 15 is 0 Å². The minimum Gasteiger partial charge on any atom is -0.465 e. The molecule has 3 aliphatic heterocycles. The number of alkyl halides is 1. The Morgan fingerprint density at radius 1 is 1.30 bits per heavy atom. The Balaban J connectivity index is 1.84. The summed E-state index contributed by atoms with van der Waals surface area (Å²) in [6, 6.07) is 4.59. The standard InChI is InChI=1S/C31H41BrN2O5S/c1-7-9-13-39-30(38)24-25-28(36)34(21(17-35)14-18(3)4)27(31(25)16-22(32)26(24)40-31)29(37)33(12-8-2)23-15-19(5)10-11-20(23)6/h7-8,10-11,15,18,21-22,24-27,35H,1-2,9,12-14,16-17H2,3-6H3/t21-,22?,24+,25+,26+,27?,31?/m1/s1. The second kappa shape index (κ2) is 12.4. The van der Waals surface area contributed by atoms with Crippen molar-refractivity contribution in [3.8, 4) is 0 Å². The van der Waals surface area contributed by atoms with Crippen molar-refractivity contribution in [1.82, 2.24) is 4.90 Å². The molecule has 1 N–H and O–H groups in total. The molecule has 218 valence electrons. The van der Waals surface area contributed by atoms with E-state index in [1.807, 2.05) is 45.9 Å². The van der Waals surface area contributed by atoms with Crippen LogP contribution in [0.1, 0.15) is 44.2 Å². The maximum absolute atomic E-state index is 14.8. The SMILES string of the molecule is C=CCCOC(=O)[C@H]1[C@H]2C(=O)N([C@@H](CO)CC(C)C)C(C(=O)N(CC=C)c3cc(C)ccc3C)C23CC(Br)[C@@H]1S3. The van der Waals surface area contributed by atoms with E-state index in [-0.39, 0.29) is 47.6 Å². The Bertz CT molecular complexity index is 1170. The van der Waals surface area contributed by atoms with Crippen molar-refractivity contribution in [3.05, 3.63) is 54.6 Å². The van der Waals surface area contributed by atoms with Crippen LogP contribution in [0.25, 0.3) is 0 Å². The smallest absolute Gasteiger partial charge is 0.310 e. The molecular formula is C31H41BrN2O5S. The number of ether oxygens (including phenoxy) is 1. The van der Waals surface area contributed by atoms with E-state index in [0.717, 1.165) is 16.8 Å². The maximum Gasteiger partial charge on any atom is 0.310 e. The van der Waals surface area contributed by atoms with Crippen molar-refractivity contribution in [2.24, 2.45) is 17.8 Å². The number of anilines is 1. The summed E-state index contributed by atoms with van der Waals surface area (Å²) >= 11 is 5.37. The van der Waals surface area contributed by atoms with E-state index in [1.165, 1.54) is 0 Å². The number of aliphatic hydroxyl groups excluding tert-OH is 1. The van der Waals surface area contributed by atoms with Crippen molar-refractivity contribution in [2.45, 2.75) is 73.9 Å². The first kappa shape index (κ1) is 30.8. The van der Waals surface area contributed by atoms with E-state index in [2.05, 4.69) is 29.1 Å². The van der Waals surface area contributed by atoms with Crippen LogP contribution < -0.4 is 4.90 Å². The third-order valence-electron chi connectivity index (χ3n) is 8.38. The number of fused-ring (bicyclic) bond motifs is 1. The maximum atomic E-state index is 14.8. The first-order chi connectivity index (χ1) is 19.0. The molecule has 1 spiro atoms. The van der Waals surface area contributed by atoms with Crippen molar-refractivity contribution >= 4 is 51.2 Å². The van der Waals surface area contributed by atoms with Gasteiger partial charge in [0.05, 0.1) is 35.8 Å². The number of nitrogens with zero attached hydrogens (tertiary/aromatic N) is 2. The Hall–Kier alpha value is -2.10. The number of aryl methyl sites for hydroxylation is 2. The fourth-order valence-corrected chi connectivity index (χ4v) is 10.3. The minimum atomic E-state index is -0.846. The van der Waals surface area contributed by atoms with Gasteiger partial charge < -0.3 is 19.6 Å². The zero-order chi connectivity index (χ0) is 29.4. The molecule has 9 heteroatoms. The summed E-state index contributed by atoms with van der Waals surface area (Å²) in [7, 11) is 0. The summed E-state index contributed by atoms with van der Waals surface area (Å²) < 4.78 is 4.79. The normalized spacial score (nSPS) is 29.4. The lowest BCUT2D eigenvalue weighted by molar-refractivity contribution is -0.154. The van der Waals surface area contributed by atoms with Gasteiger partial charge in [-0.1, -0.05) is 54.1 Å². The zero-order valence-corrected chi connectivity index (χ0v) is 26.2. The Morgan fingerprint density at radius 3 is 2.65 bits per heavy atom. The van der Waals surface area contributed by atoms with Crippen LogP contribution in [0.5, 0.6) is 0 Å². The molecule has 3 heterocycles. The van der Waals surface area contributed by atoms with Gasteiger partial charge in [-0.3, -0.25) is 14.4 Å². The van der Waals surface area contributed by atoms with Crippen molar-refractivity contribution in [2.75, 3.05) is 24.7 Å². The minimum absolute atomic E-state index is 0.0556. The molecule has 0 radical (unpaired) electrons. The number of halogens is 1. The van der Waals surface area contributed by atoms with Gasteiger partial charge in [0.1, 0.15) is 6.04 Å². The van der Waals surface area contributed by atoms with Crippen molar-refractivity contribution in [1.29, 1.82) is 0 Å². The first-order valence-electron chi connectivity index (χ1n) is 14.0. The first-order valence-corrected chi connectivity index (χ1v) is 15.8.